The molecular weight excluding hydrogens is 435 g/mol. The molecule has 6 rings (SSSR count). The Morgan fingerprint density at radius 2 is 0.971 bits per heavy atom. The van der Waals surface area contributed by atoms with Crippen LogP contribution in [-0.4, -0.2) is 9.97 Å². The van der Waals surface area contributed by atoms with Gasteiger partial charge in [-0.25, -0.2) is 0 Å². The third kappa shape index (κ3) is 3.34. The van der Waals surface area contributed by atoms with E-state index < -0.39 is 7.14 Å². The van der Waals surface area contributed by atoms with E-state index in [9.17, 15) is 4.57 Å². The monoisotopic (exact) mass is 456 g/mol. The maximum atomic E-state index is 14.7. The number of nitrogens with zero attached hydrogens (tertiary/aromatic N) is 2. The molecule has 4 aromatic carbocycles. The predicted octanol–water partition coefficient (Wildman–Crippen LogP) is 6.09. The second-order valence-corrected chi connectivity index (χ2v) is 11.0. The first-order valence-electron chi connectivity index (χ1n) is 11.2. The van der Waals surface area contributed by atoms with E-state index in [0.717, 1.165) is 48.8 Å². The van der Waals surface area contributed by atoms with Gasteiger partial charge in [0.05, 0.1) is 11.0 Å². The van der Waals surface area contributed by atoms with E-state index >= 15 is 0 Å². The van der Waals surface area contributed by atoms with Crippen molar-refractivity contribution in [1.29, 1.82) is 0 Å². The van der Waals surface area contributed by atoms with Crippen LogP contribution in [0.1, 0.15) is 0 Å². The molecule has 0 N–H and O–H groups in total. The molecule has 2 aromatic heterocycles. The fourth-order valence-electron chi connectivity index (χ4n) is 4.63. The number of aromatic nitrogens is 2. The fourth-order valence-corrected chi connectivity index (χ4v) is 7.28. The number of fused-ring (bicyclic) bond motifs is 2. The summed E-state index contributed by atoms with van der Waals surface area (Å²) in [5.74, 6) is 0. The average molecular weight is 456 g/mol. The van der Waals surface area contributed by atoms with Gasteiger partial charge in [0.1, 0.15) is 0 Å². The van der Waals surface area contributed by atoms with Crippen LogP contribution in [0.2, 0.25) is 0 Å². The van der Waals surface area contributed by atoms with Gasteiger partial charge in [0.2, 0.25) is 0 Å². The lowest BCUT2D eigenvalue weighted by Crippen LogP contribution is -2.24. The Kier molecular flexibility index (Phi) is 5.05. The molecule has 0 saturated carbocycles. The molecule has 6 aromatic rings. The van der Waals surface area contributed by atoms with Crippen molar-refractivity contribution >= 4 is 44.9 Å². The summed E-state index contributed by atoms with van der Waals surface area (Å²) in [6, 6.07) is 37.8. The summed E-state index contributed by atoms with van der Waals surface area (Å²) in [5, 5.41) is 4.63. The number of hydrogen-bond donors (Lipinski definition) is 0. The second-order valence-electron chi connectivity index (χ2n) is 8.22. The molecule has 162 valence electrons. The van der Waals surface area contributed by atoms with E-state index in [-0.39, 0.29) is 0 Å². The zero-order chi connectivity index (χ0) is 23.0. The van der Waals surface area contributed by atoms with Gasteiger partial charge >= 0.3 is 0 Å². The largest absolute Gasteiger partial charge is 0.309 e. The first-order valence-corrected chi connectivity index (χ1v) is 12.9. The standard InChI is InChI=1S/C30H21N2OP/c33-34(23-9-3-1-4-10-23,24-11-5-2-6-12-24)25-17-15-22(16-18-25)30-26-13-7-19-31-28(26)21-29-27(30)14-8-20-32-29/h1-21H. The zero-order valence-corrected chi connectivity index (χ0v) is 19.3. The van der Waals surface area contributed by atoms with Crippen molar-refractivity contribution in [3.63, 3.8) is 0 Å². The highest BCUT2D eigenvalue weighted by Crippen LogP contribution is 2.43. The van der Waals surface area contributed by atoms with Crippen LogP contribution < -0.4 is 15.9 Å². The Bertz CT molecular complexity index is 1570. The summed E-state index contributed by atoms with van der Waals surface area (Å²) >= 11 is 0. The summed E-state index contributed by atoms with van der Waals surface area (Å²) in [7, 11) is -3.01. The van der Waals surface area contributed by atoms with Crippen LogP contribution in [-0.2, 0) is 4.57 Å². The molecule has 0 fully saturated rings. The molecule has 0 unspecified atom stereocenters. The molecule has 0 aliphatic carbocycles. The van der Waals surface area contributed by atoms with Crippen molar-refractivity contribution in [2.45, 2.75) is 0 Å². The lowest BCUT2D eigenvalue weighted by atomic mass is 9.96. The van der Waals surface area contributed by atoms with E-state index in [1.807, 2.05) is 91.0 Å². The Morgan fingerprint density at radius 3 is 1.47 bits per heavy atom. The van der Waals surface area contributed by atoms with Crippen LogP contribution in [0.4, 0.5) is 0 Å². The molecule has 34 heavy (non-hydrogen) atoms. The number of benzene rings is 4. The highest BCUT2D eigenvalue weighted by Gasteiger charge is 2.29. The first kappa shape index (κ1) is 20.5. The van der Waals surface area contributed by atoms with Gasteiger partial charge in [0.25, 0.3) is 0 Å². The highest BCUT2D eigenvalue weighted by atomic mass is 31.2. The maximum absolute atomic E-state index is 14.7. The van der Waals surface area contributed by atoms with Crippen molar-refractivity contribution in [1.82, 2.24) is 9.97 Å². The summed E-state index contributed by atoms with van der Waals surface area (Å²) in [6.45, 7) is 0. The van der Waals surface area contributed by atoms with Crippen LogP contribution in [0.5, 0.6) is 0 Å². The van der Waals surface area contributed by atoms with Gasteiger partial charge in [-0.1, -0.05) is 97.1 Å². The summed E-state index contributed by atoms with van der Waals surface area (Å²) < 4.78 is 14.7. The van der Waals surface area contributed by atoms with Gasteiger partial charge in [-0.2, -0.15) is 0 Å². The summed E-state index contributed by atoms with van der Waals surface area (Å²) in [5.41, 5.74) is 3.96. The maximum Gasteiger partial charge on any atom is 0.171 e. The van der Waals surface area contributed by atoms with E-state index in [1.54, 1.807) is 12.4 Å². The van der Waals surface area contributed by atoms with Gasteiger partial charge in [-0.3, -0.25) is 9.97 Å². The molecule has 4 heteroatoms. The number of pyridine rings is 2. The molecule has 0 aliphatic heterocycles. The number of rotatable bonds is 4. The summed E-state index contributed by atoms with van der Waals surface area (Å²) in [6.07, 6.45) is 3.61. The lowest BCUT2D eigenvalue weighted by Gasteiger charge is -2.20. The van der Waals surface area contributed by atoms with Crippen molar-refractivity contribution in [3.8, 4) is 11.1 Å². The minimum Gasteiger partial charge on any atom is -0.309 e. The minimum atomic E-state index is -3.01. The van der Waals surface area contributed by atoms with Crippen molar-refractivity contribution in [2.75, 3.05) is 0 Å². The fraction of sp³-hybridized carbons (Fsp3) is 0. The van der Waals surface area contributed by atoms with Gasteiger partial charge < -0.3 is 4.57 Å². The van der Waals surface area contributed by atoms with Crippen molar-refractivity contribution in [2.24, 2.45) is 0 Å². The average Bonchev–Trinajstić information content (AvgIpc) is 2.92. The van der Waals surface area contributed by atoms with Crippen LogP contribution >= 0.6 is 7.14 Å². The van der Waals surface area contributed by atoms with Gasteiger partial charge in [0.15, 0.2) is 7.14 Å². The number of hydrogen-bond acceptors (Lipinski definition) is 3. The summed E-state index contributed by atoms with van der Waals surface area (Å²) in [4.78, 5) is 9.14. The lowest BCUT2D eigenvalue weighted by molar-refractivity contribution is 0.592. The minimum absolute atomic E-state index is 0.814. The van der Waals surface area contributed by atoms with Gasteiger partial charge in [-0.15, -0.1) is 0 Å². The normalized spacial score (nSPS) is 11.6. The Hall–Kier alpha value is -4.07. The molecule has 3 nitrogen and oxygen atoms in total. The van der Waals surface area contributed by atoms with Crippen molar-refractivity contribution in [3.05, 3.63) is 128 Å². The third-order valence-corrected chi connectivity index (χ3v) is 9.32. The molecular formula is C30H21N2OP. The molecule has 0 radical (unpaired) electrons. The SMILES string of the molecule is O=P(c1ccccc1)(c1ccccc1)c1ccc(-c2c3cccnc3cc3ncccc23)cc1. The van der Waals surface area contributed by atoms with E-state index in [1.165, 1.54) is 0 Å². The molecule has 0 atom stereocenters. The highest BCUT2D eigenvalue weighted by molar-refractivity contribution is 7.85. The molecule has 0 amide bonds. The Labute approximate surface area is 198 Å². The molecule has 0 aliphatic rings. The van der Waals surface area contributed by atoms with Crippen LogP contribution in [0.15, 0.2) is 128 Å². The Balaban J connectivity index is 1.56. The quantitative estimate of drug-likeness (QED) is 0.238. The van der Waals surface area contributed by atoms with Gasteiger partial charge in [0, 0.05) is 44.6 Å². The smallest absolute Gasteiger partial charge is 0.171 e. The molecule has 0 bridgehead atoms. The molecule has 0 spiro atoms. The first-order chi connectivity index (χ1) is 16.7. The topological polar surface area (TPSA) is 42.9 Å². The zero-order valence-electron chi connectivity index (χ0n) is 18.4. The molecule has 0 saturated heterocycles. The van der Waals surface area contributed by atoms with Crippen LogP contribution in [0.25, 0.3) is 32.9 Å². The second kappa shape index (κ2) is 8.37. The van der Waals surface area contributed by atoms with E-state index in [0.29, 0.717) is 0 Å². The third-order valence-electron chi connectivity index (χ3n) is 6.25. The predicted molar refractivity (Wildman–Crippen MR) is 142 cm³/mol. The van der Waals surface area contributed by atoms with Gasteiger partial charge in [-0.05, 0) is 23.8 Å². The molecule has 2 heterocycles. The van der Waals surface area contributed by atoms with Crippen molar-refractivity contribution < 1.29 is 4.57 Å². The van der Waals surface area contributed by atoms with Crippen LogP contribution in [0, 0.1) is 0 Å². The Morgan fingerprint density at radius 1 is 0.500 bits per heavy atom. The van der Waals surface area contributed by atoms with E-state index in [2.05, 4.69) is 34.2 Å². The van der Waals surface area contributed by atoms with E-state index in [4.69, 9.17) is 0 Å². The van der Waals surface area contributed by atoms with Crippen LogP contribution in [0.3, 0.4) is 0 Å².